The van der Waals surface area contributed by atoms with Crippen LogP contribution < -0.4 is 10.6 Å². The van der Waals surface area contributed by atoms with Gasteiger partial charge in [0.25, 0.3) is 0 Å². The Morgan fingerprint density at radius 3 is 2.38 bits per heavy atom. The maximum absolute atomic E-state index is 11.7. The van der Waals surface area contributed by atoms with E-state index in [2.05, 4.69) is 16.9 Å². The zero-order valence-electron chi connectivity index (χ0n) is 12.9. The topological polar surface area (TPSA) is 78.4 Å². The monoisotopic (exact) mass is 316 g/mol. The van der Waals surface area contributed by atoms with E-state index in [0.29, 0.717) is 12.8 Å². The number of rotatable bonds is 9. The summed E-state index contributed by atoms with van der Waals surface area (Å²) in [6.45, 7) is 0.718. The first-order valence-corrected chi connectivity index (χ1v) is 9.29. The number of urea groups is 1. The van der Waals surface area contributed by atoms with Gasteiger partial charge in [-0.05, 0) is 50.5 Å². The minimum Gasteiger partial charge on any atom is -0.481 e. The molecule has 1 fully saturated rings. The van der Waals surface area contributed by atoms with Crippen molar-refractivity contribution >= 4 is 23.8 Å². The highest BCUT2D eigenvalue weighted by atomic mass is 32.2. The number of hydrogen-bond acceptors (Lipinski definition) is 3. The van der Waals surface area contributed by atoms with Crippen molar-refractivity contribution < 1.29 is 14.7 Å². The van der Waals surface area contributed by atoms with Crippen LogP contribution in [0.3, 0.4) is 0 Å². The largest absolute Gasteiger partial charge is 0.481 e. The number of hydrogen-bond donors (Lipinski definition) is 3. The number of nitrogens with one attached hydrogen (secondary N) is 2. The average Bonchev–Trinajstić information content (AvgIpc) is 2.47. The number of aliphatic carboxylic acids is 1. The number of carbonyl (C=O) groups is 2. The number of carboxylic acid groups (broad SMARTS) is 1. The van der Waals surface area contributed by atoms with Gasteiger partial charge in [0.2, 0.25) is 0 Å². The molecule has 0 aromatic carbocycles. The molecule has 1 saturated carbocycles. The van der Waals surface area contributed by atoms with Gasteiger partial charge in [0.1, 0.15) is 0 Å². The Kier molecular flexibility index (Phi) is 9.30. The van der Waals surface area contributed by atoms with Crippen molar-refractivity contribution in [3.05, 3.63) is 0 Å². The van der Waals surface area contributed by atoms with E-state index in [4.69, 9.17) is 5.11 Å². The minimum absolute atomic E-state index is 0.113. The van der Waals surface area contributed by atoms with E-state index in [-0.39, 0.29) is 18.0 Å². The van der Waals surface area contributed by atoms with Crippen LogP contribution in [0.4, 0.5) is 4.79 Å². The first-order valence-electron chi connectivity index (χ1n) is 7.89. The van der Waals surface area contributed by atoms with Crippen LogP contribution in [-0.2, 0) is 4.79 Å². The van der Waals surface area contributed by atoms with Crippen molar-refractivity contribution in [3.8, 4) is 0 Å². The predicted octanol–water partition coefficient (Wildman–Crippen LogP) is 2.85. The fourth-order valence-corrected chi connectivity index (χ4v) is 3.14. The van der Waals surface area contributed by atoms with Crippen molar-refractivity contribution in [1.82, 2.24) is 10.6 Å². The van der Waals surface area contributed by atoms with Crippen LogP contribution >= 0.6 is 11.8 Å². The molecule has 1 aliphatic rings. The van der Waals surface area contributed by atoms with E-state index >= 15 is 0 Å². The van der Waals surface area contributed by atoms with Gasteiger partial charge in [0.15, 0.2) is 0 Å². The van der Waals surface area contributed by atoms with Crippen molar-refractivity contribution in [2.24, 2.45) is 5.92 Å². The van der Waals surface area contributed by atoms with Gasteiger partial charge in [-0.1, -0.05) is 12.8 Å². The van der Waals surface area contributed by atoms with Crippen LogP contribution in [0.25, 0.3) is 0 Å². The number of unbranched alkanes of at least 4 members (excludes halogenated alkanes) is 3. The van der Waals surface area contributed by atoms with Gasteiger partial charge < -0.3 is 15.7 Å². The Bertz CT molecular complexity index is 318. The number of carboxylic acids is 1. The van der Waals surface area contributed by atoms with E-state index in [0.717, 1.165) is 32.2 Å². The summed E-state index contributed by atoms with van der Waals surface area (Å²) >= 11 is 1.88. The number of carbonyl (C=O) groups excluding carboxylic acids is 1. The Morgan fingerprint density at radius 1 is 1.10 bits per heavy atom. The van der Waals surface area contributed by atoms with Crippen LogP contribution in [0, 0.1) is 5.92 Å². The Hall–Kier alpha value is -0.910. The molecule has 0 unspecified atom stereocenters. The van der Waals surface area contributed by atoms with Gasteiger partial charge in [-0.2, -0.15) is 11.8 Å². The first kappa shape index (κ1) is 18.1. The Balaban J connectivity index is 2.00. The highest BCUT2D eigenvalue weighted by Crippen LogP contribution is 2.24. The highest BCUT2D eigenvalue weighted by Gasteiger charge is 2.26. The zero-order chi connectivity index (χ0) is 15.5. The quantitative estimate of drug-likeness (QED) is 0.572. The van der Waals surface area contributed by atoms with Crippen LogP contribution in [-0.4, -0.2) is 41.7 Å². The Labute approximate surface area is 131 Å². The molecule has 0 atom stereocenters. The predicted molar refractivity (Wildman–Crippen MR) is 86.8 cm³/mol. The summed E-state index contributed by atoms with van der Waals surface area (Å²) in [5.41, 5.74) is 0. The maximum Gasteiger partial charge on any atom is 0.315 e. The van der Waals surface area contributed by atoms with E-state index in [1.54, 1.807) is 0 Å². The van der Waals surface area contributed by atoms with Gasteiger partial charge in [-0.3, -0.25) is 4.79 Å². The molecule has 122 valence electrons. The second-order valence-electron chi connectivity index (χ2n) is 5.69. The number of amides is 2. The third-order valence-corrected chi connectivity index (χ3v) is 4.67. The minimum atomic E-state index is -0.709. The molecule has 1 aliphatic carbocycles. The van der Waals surface area contributed by atoms with Crippen LogP contribution in [0.2, 0.25) is 0 Å². The average molecular weight is 316 g/mol. The van der Waals surface area contributed by atoms with Gasteiger partial charge in [-0.25, -0.2) is 4.79 Å². The lowest BCUT2D eigenvalue weighted by Gasteiger charge is -2.26. The molecular formula is C15H28N2O3S. The molecule has 0 spiro atoms. The second-order valence-corrected chi connectivity index (χ2v) is 6.68. The molecule has 21 heavy (non-hydrogen) atoms. The second kappa shape index (κ2) is 10.8. The zero-order valence-corrected chi connectivity index (χ0v) is 13.7. The van der Waals surface area contributed by atoms with Gasteiger partial charge in [-0.15, -0.1) is 0 Å². The third-order valence-electron chi connectivity index (χ3n) is 3.97. The molecule has 0 bridgehead atoms. The van der Waals surface area contributed by atoms with Gasteiger partial charge in [0, 0.05) is 12.6 Å². The Morgan fingerprint density at radius 2 is 1.76 bits per heavy atom. The molecule has 2 amide bonds. The molecule has 3 N–H and O–H groups in total. The summed E-state index contributed by atoms with van der Waals surface area (Å²) in [4.78, 5) is 22.6. The summed E-state index contributed by atoms with van der Waals surface area (Å²) < 4.78 is 0. The van der Waals surface area contributed by atoms with Gasteiger partial charge in [0.05, 0.1) is 5.92 Å². The lowest BCUT2D eigenvalue weighted by atomic mass is 9.86. The summed E-state index contributed by atoms with van der Waals surface area (Å²) in [7, 11) is 0. The van der Waals surface area contributed by atoms with Crippen molar-refractivity contribution in [3.63, 3.8) is 0 Å². The maximum atomic E-state index is 11.7. The SMILES string of the molecule is CSCCCCCCNC(=O)NC1CCC(C(=O)O)CC1. The van der Waals surface area contributed by atoms with Crippen molar-refractivity contribution in [1.29, 1.82) is 0 Å². The van der Waals surface area contributed by atoms with E-state index in [1.807, 2.05) is 11.8 Å². The first-order chi connectivity index (χ1) is 10.1. The molecule has 5 nitrogen and oxygen atoms in total. The van der Waals surface area contributed by atoms with Crippen molar-refractivity contribution in [2.45, 2.75) is 57.4 Å². The fraction of sp³-hybridized carbons (Fsp3) is 0.867. The summed E-state index contributed by atoms with van der Waals surface area (Å²) in [5.74, 6) is 0.277. The molecule has 0 radical (unpaired) electrons. The van der Waals surface area contributed by atoms with E-state index in [9.17, 15) is 9.59 Å². The smallest absolute Gasteiger partial charge is 0.315 e. The van der Waals surface area contributed by atoms with Crippen LogP contribution in [0.15, 0.2) is 0 Å². The molecule has 0 aliphatic heterocycles. The fourth-order valence-electron chi connectivity index (χ4n) is 2.65. The van der Waals surface area contributed by atoms with E-state index in [1.165, 1.54) is 18.6 Å². The molecule has 0 saturated heterocycles. The molecule has 0 aromatic rings. The summed E-state index contributed by atoms with van der Waals surface area (Å²) in [6, 6.07) is 0.0140. The molecule has 1 rings (SSSR count). The third kappa shape index (κ3) is 8.19. The highest BCUT2D eigenvalue weighted by molar-refractivity contribution is 7.98. The van der Waals surface area contributed by atoms with Crippen LogP contribution in [0.5, 0.6) is 0 Å². The van der Waals surface area contributed by atoms with Crippen LogP contribution in [0.1, 0.15) is 51.4 Å². The molecule has 0 heterocycles. The number of thioether (sulfide) groups is 1. The summed E-state index contributed by atoms with van der Waals surface area (Å²) in [6.07, 6.45) is 9.63. The van der Waals surface area contributed by atoms with Crippen molar-refractivity contribution in [2.75, 3.05) is 18.6 Å². The summed E-state index contributed by atoms with van der Waals surface area (Å²) in [5, 5.41) is 14.8. The van der Waals surface area contributed by atoms with E-state index < -0.39 is 5.97 Å². The standard InChI is InChI=1S/C15H28N2O3S/c1-21-11-5-3-2-4-10-16-15(20)17-13-8-6-12(7-9-13)14(18)19/h12-13H,2-11H2,1H3,(H,18,19)(H2,16,17,20). The normalized spacial score (nSPS) is 21.8. The lowest BCUT2D eigenvalue weighted by molar-refractivity contribution is -0.142. The lowest BCUT2D eigenvalue weighted by Crippen LogP contribution is -2.44. The molecule has 0 aromatic heterocycles. The molecular weight excluding hydrogens is 288 g/mol. The van der Waals surface area contributed by atoms with Gasteiger partial charge >= 0.3 is 12.0 Å². The molecule has 6 heteroatoms.